The number of benzene rings is 2. The van der Waals surface area contributed by atoms with Gasteiger partial charge in [0, 0.05) is 18.4 Å². The fraction of sp³-hybridized carbons (Fsp3) is 0.190. The predicted molar refractivity (Wildman–Crippen MR) is 107 cm³/mol. The van der Waals surface area contributed by atoms with Crippen molar-refractivity contribution in [1.82, 2.24) is 15.2 Å². The van der Waals surface area contributed by atoms with Crippen LogP contribution in [0.2, 0.25) is 0 Å². The molecule has 1 aliphatic heterocycles. The van der Waals surface area contributed by atoms with Crippen molar-refractivity contribution in [3.8, 4) is 11.3 Å². The molecule has 1 amide bonds. The second-order valence-corrected chi connectivity index (χ2v) is 6.85. The van der Waals surface area contributed by atoms with E-state index in [-0.39, 0.29) is 11.9 Å². The van der Waals surface area contributed by atoms with Gasteiger partial charge in [-0.3, -0.25) is 9.89 Å². The number of aromatic nitrogens is 3. The summed E-state index contributed by atoms with van der Waals surface area (Å²) in [5.74, 6) is -0.0472. The zero-order chi connectivity index (χ0) is 18.9. The number of nitrogens with zero attached hydrogens (tertiary/aromatic N) is 3. The van der Waals surface area contributed by atoms with Gasteiger partial charge < -0.3 is 14.6 Å². The molecule has 1 saturated heterocycles. The molecule has 0 radical (unpaired) electrons. The highest BCUT2D eigenvalue weighted by Crippen LogP contribution is 2.29. The molecule has 0 bridgehead atoms. The van der Waals surface area contributed by atoms with Crippen LogP contribution in [0.5, 0.6) is 0 Å². The minimum atomic E-state index is -0.291. The summed E-state index contributed by atoms with van der Waals surface area (Å²) in [4.78, 5) is 19.4. The maximum absolute atomic E-state index is 12.9. The maximum atomic E-state index is 12.9. The van der Waals surface area contributed by atoms with E-state index >= 15 is 0 Å². The largest absolute Gasteiger partial charge is 0.423 e. The van der Waals surface area contributed by atoms with E-state index in [1.165, 1.54) is 0 Å². The third-order valence-electron chi connectivity index (χ3n) is 5.05. The fourth-order valence-corrected chi connectivity index (χ4v) is 3.63. The summed E-state index contributed by atoms with van der Waals surface area (Å²) in [6.07, 6.45) is 3.41. The Bertz CT molecular complexity index is 1070. The van der Waals surface area contributed by atoms with E-state index in [0.717, 1.165) is 47.4 Å². The monoisotopic (exact) mass is 373 g/mol. The van der Waals surface area contributed by atoms with E-state index < -0.39 is 0 Å². The molecule has 0 spiro atoms. The number of carbonyl (C=O) groups excluding carboxylic acids is 1. The average molecular weight is 373 g/mol. The highest BCUT2D eigenvalue weighted by Gasteiger charge is 2.33. The standard InChI is InChI=1S/C21H19N5O2/c27-20(23-15-9-7-14(8-10-15)16-11-12-22-25-16)18-5-3-13-26(18)21-24-17-4-1-2-6-19(17)28-21/h1-2,4,6-12,18H,3,5,13H2,(H,22,25)(H,23,27)/t18-/m0/s1. The van der Waals surface area contributed by atoms with Gasteiger partial charge >= 0.3 is 0 Å². The van der Waals surface area contributed by atoms with Crippen LogP contribution in [-0.2, 0) is 4.79 Å². The molecule has 2 aromatic carbocycles. The van der Waals surface area contributed by atoms with Crippen molar-refractivity contribution in [3.05, 3.63) is 60.8 Å². The van der Waals surface area contributed by atoms with Crippen LogP contribution in [0.3, 0.4) is 0 Å². The van der Waals surface area contributed by atoms with E-state index in [1.807, 2.05) is 59.5 Å². The molecule has 1 aliphatic rings. The second kappa shape index (κ2) is 6.84. The van der Waals surface area contributed by atoms with Gasteiger partial charge in [-0.15, -0.1) is 0 Å². The van der Waals surface area contributed by atoms with E-state index in [4.69, 9.17) is 4.42 Å². The Balaban J connectivity index is 1.32. The molecule has 2 N–H and O–H groups in total. The summed E-state index contributed by atoms with van der Waals surface area (Å²) in [5, 5.41) is 9.91. The SMILES string of the molecule is O=C(Nc1ccc(-c2ccn[nH]2)cc1)[C@@H]1CCCN1c1nc2ccccc2o1. The third-order valence-corrected chi connectivity index (χ3v) is 5.05. The number of aromatic amines is 1. The van der Waals surface area contributed by atoms with Crippen molar-refractivity contribution in [2.24, 2.45) is 0 Å². The van der Waals surface area contributed by atoms with Gasteiger partial charge in [0.2, 0.25) is 5.91 Å². The number of rotatable bonds is 4. The topological polar surface area (TPSA) is 87.0 Å². The first-order chi connectivity index (χ1) is 13.8. The minimum absolute atomic E-state index is 0.0472. The lowest BCUT2D eigenvalue weighted by molar-refractivity contribution is -0.117. The Morgan fingerprint density at radius 2 is 2.00 bits per heavy atom. The van der Waals surface area contributed by atoms with Crippen molar-refractivity contribution in [2.75, 3.05) is 16.8 Å². The van der Waals surface area contributed by atoms with Gasteiger partial charge in [-0.1, -0.05) is 24.3 Å². The highest BCUT2D eigenvalue weighted by molar-refractivity contribution is 5.97. The van der Waals surface area contributed by atoms with Crippen LogP contribution in [0.15, 0.2) is 65.2 Å². The molecule has 1 atom stereocenters. The summed E-state index contributed by atoms with van der Waals surface area (Å²) < 4.78 is 5.87. The first-order valence-electron chi connectivity index (χ1n) is 9.31. The van der Waals surface area contributed by atoms with Crippen molar-refractivity contribution < 1.29 is 9.21 Å². The van der Waals surface area contributed by atoms with Crippen LogP contribution in [0.4, 0.5) is 11.7 Å². The first kappa shape index (κ1) is 16.6. The summed E-state index contributed by atoms with van der Waals surface area (Å²) in [6, 6.07) is 17.5. The van der Waals surface area contributed by atoms with Gasteiger partial charge in [-0.25, -0.2) is 0 Å². The summed E-state index contributed by atoms with van der Waals surface area (Å²) in [5.41, 5.74) is 4.26. The Morgan fingerprint density at radius 1 is 1.14 bits per heavy atom. The van der Waals surface area contributed by atoms with Crippen molar-refractivity contribution in [2.45, 2.75) is 18.9 Å². The van der Waals surface area contributed by atoms with Gasteiger partial charge in [-0.05, 0) is 48.7 Å². The van der Waals surface area contributed by atoms with E-state index in [0.29, 0.717) is 6.01 Å². The van der Waals surface area contributed by atoms with Crippen LogP contribution < -0.4 is 10.2 Å². The second-order valence-electron chi connectivity index (χ2n) is 6.85. The average Bonchev–Trinajstić information content (AvgIpc) is 3.48. The van der Waals surface area contributed by atoms with Crippen LogP contribution in [0.1, 0.15) is 12.8 Å². The number of H-pyrrole nitrogens is 1. The number of hydrogen-bond donors (Lipinski definition) is 2. The number of nitrogens with one attached hydrogen (secondary N) is 2. The lowest BCUT2D eigenvalue weighted by Gasteiger charge is -2.22. The summed E-state index contributed by atoms with van der Waals surface area (Å²) in [6.45, 7) is 0.754. The molecule has 7 nitrogen and oxygen atoms in total. The Morgan fingerprint density at radius 3 is 2.79 bits per heavy atom. The number of amides is 1. The van der Waals surface area contributed by atoms with Crippen molar-refractivity contribution in [3.63, 3.8) is 0 Å². The minimum Gasteiger partial charge on any atom is -0.423 e. The molecule has 7 heteroatoms. The van der Waals surface area contributed by atoms with Gasteiger partial charge in [0.05, 0.1) is 5.69 Å². The van der Waals surface area contributed by atoms with Gasteiger partial charge in [0.25, 0.3) is 6.01 Å². The molecule has 28 heavy (non-hydrogen) atoms. The van der Waals surface area contributed by atoms with Crippen molar-refractivity contribution >= 4 is 28.7 Å². The predicted octanol–water partition coefficient (Wildman–Crippen LogP) is 3.83. The lowest BCUT2D eigenvalue weighted by atomic mass is 10.1. The maximum Gasteiger partial charge on any atom is 0.299 e. The Hall–Kier alpha value is -3.61. The van der Waals surface area contributed by atoms with Crippen LogP contribution in [-0.4, -0.2) is 33.7 Å². The lowest BCUT2D eigenvalue weighted by Crippen LogP contribution is -2.39. The van der Waals surface area contributed by atoms with E-state index in [9.17, 15) is 4.79 Å². The number of anilines is 2. The van der Waals surface area contributed by atoms with Gasteiger partial charge in [-0.2, -0.15) is 10.1 Å². The van der Waals surface area contributed by atoms with Crippen molar-refractivity contribution in [1.29, 1.82) is 0 Å². The highest BCUT2D eigenvalue weighted by atomic mass is 16.4. The third kappa shape index (κ3) is 3.00. The van der Waals surface area contributed by atoms with E-state index in [1.54, 1.807) is 6.20 Å². The molecule has 1 fully saturated rings. The first-order valence-corrected chi connectivity index (χ1v) is 9.31. The molecule has 2 aromatic heterocycles. The molecule has 0 unspecified atom stereocenters. The zero-order valence-electron chi connectivity index (χ0n) is 15.1. The van der Waals surface area contributed by atoms with Gasteiger partial charge in [0.1, 0.15) is 11.6 Å². The molecule has 0 saturated carbocycles. The van der Waals surface area contributed by atoms with Crippen LogP contribution >= 0.6 is 0 Å². The quantitative estimate of drug-likeness (QED) is 0.568. The number of fused-ring (bicyclic) bond motifs is 1. The van der Waals surface area contributed by atoms with Crippen LogP contribution in [0.25, 0.3) is 22.4 Å². The fourth-order valence-electron chi connectivity index (χ4n) is 3.63. The molecule has 140 valence electrons. The number of oxazole rings is 1. The molecular weight excluding hydrogens is 354 g/mol. The zero-order valence-corrected chi connectivity index (χ0v) is 15.1. The molecular formula is C21H19N5O2. The van der Waals surface area contributed by atoms with E-state index in [2.05, 4.69) is 20.5 Å². The molecule has 3 heterocycles. The normalized spacial score (nSPS) is 16.6. The molecule has 0 aliphatic carbocycles. The number of para-hydroxylation sites is 2. The number of hydrogen-bond acceptors (Lipinski definition) is 5. The summed E-state index contributed by atoms with van der Waals surface area (Å²) in [7, 11) is 0. The number of carbonyl (C=O) groups is 1. The smallest absolute Gasteiger partial charge is 0.299 e. The summed E-state index contributed by atoms with van der Waals surface area (Å²) >= 11 is 0. The van der Waals surface area contributed by atoms with Gasteiger partial charge in [0.15, 0.2) is 5.58 Å². The molecule has 5 rings (SSSR count). The van der Waals surface area contributed by atoms with Crippen LogP contribution in [0, 0.1) is 0 Å². The molecule has 4 aromatic rings. The Kier molecular flexibility index (Phi) is 4.05. The Labute approximate surface area is 161 Å².